The Morgan fingerprint density at radius 2 is 2.14 bits per heavy atom. The molecule has 4 rings (SSSR count). The monoisotopic (exact) mass is 384 g/mol. The summed E-state index contributed by atoms with van der Waals surface area (Å²) >= 11 is 0. The van der Waals surface area contributed by atoms with E-state index in [4.69, 9.17) is 0 Å². The van der Waals surface area contributed by atoms with Gasteiger partial charge in [-0.05, 0) is 77.5 Å². The molecule has 2 aliphatic rings. The normalized spacial score (nSPS) is 20.7. The van der Waals surface area contributed by atoms with Crippen LogP contribution in [0, 0.1) is 6.92 Å². The summed E-state index contributed by atoms with van der Waals surface area (Å²) in [5.74, 6) is 0. The van der Waals surface area contributed by atoms with Gasteiger partial charge in [-0.25, -0.2) is 0 Å². The van der Waals surface area contributed by atoms with Crippen molar-refractivity contribution in [2.45, 2.75) is 51.3 Å². The van der Waals surface area contributed by atoms with Gasteiger partial charge < -0.3 is 19.9 Å². The van der Waals surface area contributed by atoms with Crippen LogP contribution in [0.5, 0.6) is 0 Å². The number of benzene rings is 1. The number of rotatable bonds is 8. The molecule has 0 fully saturated rings. The Morgan fingerprint density at radius 3 is 2.96 bits per heavy atom. The van der Waals surface area contributed by atoms with Crippen molar-refractivity contribution < 1.29 is 5.11 Å². The number of hydrogen-bond donors (Lipinski definition) is 2. The lowest BCUT2D eigenvalue weighted by Gasteiger charge is -2.40. The number of hydrogen-bond acceptors (Lipinski definition) is 4. The molecule has 0 bridgehead atoms. The van der Waals surface area contributed by atoms with Gasteiger partial charge in [0.15, 0.2) is 0 Å². The first-order chi connectivity index (χ1) is 13.5. The molecular formula is C23H36N4O. The lowest BCUT2D eigenvalue weighted by molar-refractivity contribution is 0.0641. The Labute approximate surface area is 169 Å². The van der Waals surface area contributed by atoms with Crippen LogP contribution in [0.4, 0.5) is 0 Å². The van der Waals surface area contributed by atoms with Crippen LogP contribution in [0.15, 0.2) is 18.2 Å². The van der Waals surface area contributed by atoms with Crippen LogP contribution in [0.2, 0.25) is 0 Å². The summed E-state index contributed by atoms with van der Waals surface area (Å²) in [5, 5.41) is 15.5. The molecular weight excluding hydrogens is 348 g/mol. The molecule has 1 aliphatic carbocycles. The van der Waals surface area contributed by atoms with Crippen LogP contribution in [-0.4, -0.2) is 72.4 Å². The first-order valence-corrected chi connectivity index (χ1v) is 10.9. The number of nitrogens with zero attached hydrogens (tertiary/aromatic N) is 3. The van der Waals surface area contributed by atoms with E-state index in [2.05, 4.69) is 58.9 Å². The van der Waals surface area contributed by atoms with Crippen molar-refractivity contribution >= 4 is 10.9 Å². The molecule has 1 aromatic carbocycles. The van der Waals surface area contributed by atoms with E-state index in [9.17, 15) is 5.11 Å². The predicted octanol–water partition coefficient (Wildman–Crippen LogP) is 2.54. The first kappa shape index (κ1) is 19.9. The second-order valence-corrected chi connectivity index (χ2v) is 8.95. The fourth-order valence-electron chi connectivity index (χ4n) is 5.13. The summed E-state index contributed by atoms with van der Waals surface area (Å²) in [7, 11) is 4.20. The highest BCUT2D eigenvalue weighted by Gasteiger charge is 2.35. The predicted molar refractivity (Wildman–Crippen MR) is 116 cm³/mol. The molecule has 5 nitrogen and oxygen atoms in total. The fraction of sp³-hybridized carbons (Fsp3) is 0.652. The van der Waals surface area contributed by atoms with E-state index >= 15 is 0 Å². The molecule has 1 aliphatic heterocycles. The Hall–Kier alpha value is -1.40. The van der Waals surface area contributed by atoms with Gasteiger partial charge in [0.2, 0.25) is 0 Å². The Kier molecular flexibility index (Phi) is 6.07. The summed E-state index contributed by atoms with van der Waals surface area (Å²) in [4.78, 5) is 4.74. The molecule has 2 atom stereocenters. The van der Waals surface area contributed by atoms with Crippen LogP contribution in [-0.2, 0) is 13.0 Å². The van der Waals surface area contributed by atoms with Gasteiger partial charge in [0, 0.05) is 42.8 Å². The second-order valence-electron chi connectivity index (χ2n) is 8.95. The standard InChI is InChI=1S/C23H36N4O/c1-17-8-9-21-20(14-17)19-6-4-7-22-23(19)27(21)13-12-26(22)16-18(28)15-24-10-5-11-25(2)3/h8-9,14,18,22,24,28H,4-7,10-13,15-16H2,1-3H3. The van der Waals surface area contributed by atoms with Gasteiger partial charge in [0.05, 0.1) is 12.1 Å². The zero-order valence-electron chi connectivity index (χ0n) is 17.7. The minimum Gasteiger partial charge on any atom is -0.390 e. The number of aryl methyl sites for hydroxylation is 2. The highest BCUT2D eigenvalue weighted by atomic mass is 16.3. The van der Waals surface area contributed by atoms with Crippen molar-refractivity contribution in [1.29, 1.82) is 0 Å². The molecule has 1 aromatic heterocycles. The molecule has 0 saturated carbocycles. The Balaban J connectivity index is 1.43. The highest BCUT2D eigenvalue weighted by molar-refractivity contribution is 5.87. The number of aromatic nitrogens is 1. The minimum absolute atomic E-state index is 0.303. The van der Waals surface area contributed by atoms with Gasteiger partial charge in [0.1, 0.15) is 0 Å². The molecule has 2 unspecified atom stereocenters. The zero-order chi connectivity index (χ0) is 19.7. The van der Waals surface area contributed by atoms with E-state index in [0.29, 0.717) is 12.6 Å². The van der Waals surface area contributed by atoms with Gasteiger partial charge in [-0.1, -0.05) is 11.6 Å². The molecule has 0 amide bonds. The quantitative estimate of drug-likeness (QED) is 0.687. The van der Waals surface area contributed by atoms with E-state index in [-0.39, 0.29) is 6.10 Å². The van der Waals surface area contributed by atoms with Gasteiger partial charge in [-0.3, -0.25) is 4.90 Å². The van der Waals surface area contributed by atoms with E-state index < -0.39 is 0 Å². The van der Waals surface area contributed by atoms with Crippen molar-refractivity contribution in [3.8, 4) is 0 Å². The zero-order valence-corrected chi connectivity index (χ0v) is 17.7. The summed E-state index contributed by atoms with van der Waals surface area (Å²) in [6.07, 6.45) is 4.48. The fourth-order valence-corrected chi connectivity index (χ4v) is 5.13. The molecule has 2 aromatic rings. The van der Waals surface area contributed by atoms with Gasteiger partial charge >= 0.3 is 0 Å². The summed E-state index contributed by atoms with van der Waals surface area (Å²) in [6.45, 7) is 7.77. The molecule has 0 radical (unpaired) electrons. The summed E-state index contributed by atoms with van der Waals surface area (Å²) in [5.41, 5.74) is 5.85. The van der Waals surface area contributed by atoms with E-state index in [1.165, 1.54) is 41.4 Å². The number of aliphatic hydroxyl groups is 1. The van der Waals surface area contributed by atoms with Gasteiger partial charge in [-0.15, -0.1) is 0 Å². The highest BCUT2D eigenvalue weighted by Crippen LogP contribution is 2.42. The average molecular weight is 385 g/mol. The smallest absolute Gasteiger partial charge is 0.0791 e. The molecule has 0 saturated heterocycles. The minimum atomic E-state index is -0.303. The van der Waals surface area contributed by atoms with Crippen LogP contribution < -0.4 is 5.32 Å². The molecule has 0 spiro atoms. The maximum atomic E-state index is 10.6. The van der Waals surface area contributed by atoms with Crippen LogP contribution >= 0.6 is 0 Å². The molecule has 5 heteroatoms. The summed E-state index contributed by atoms with van der Waals surface area (Å²) in [6, 6.07) is 7.38. The SMILES string of the molecule is Cc1ccc2c(c1)c1c3n2CCN(CC(O)CNCCCN(C)C)C3CCC1. The van der Waals surface area contributed by atoms with Crippen LogP contribution in [0.3, 0.4) is 0 Å². The van der Waals surface area contributed by atoms with E-state index in [1.54, 1.807) is 5.56 Å². The van der Waals surface area contributed by atoms with Crippen molar-refractivity contribution in [2.75, 3.05) is 46.8 Å². The number of nitrogens with one attached hydrogen (secondary N) is 1. The number of aliphatic hydroxyl groups excluding tert-OH is 1. The lowest BCUT2D eigenvalue weighted by Crippen LogP contribution is -2.45. The van der Waals surface area contributed by atoms with Crippen molar-refractivity contribution in [1.82, 2.24) is 19.7 Å². The van der Waals surface area contributed by atoms with Gasteiger partial charge in [0.25, 0.3) is 0 Å². The first-order valence-electron chi connectivity index (χ1n) is 10.9. The number of β-amino-alcohol motifs (C(OH)–C–C–N with tert-alkyl or cyclic N) is 1. The molecule has 28 heavy (non-hydrogen) atoms. The molecule has 2 heterocycles. The summed E-state index contributed by atoms with van der Waals surface area (Å²) < 4.78 is 2.57. The van der Waals surface area contributed by atoms with Crippen LogP contribution in [0.25, 0.3) is 10.9 Å². The maximum Gasteiger partial charge on any atom is 0.0791 e. The van der Waals surface area contributed by atoms with Crippen LogP contribution in [0.1, 0.15) is 42.1 Å². The number of fused-ring (bicyclic) bond motifs is 3. The van der Waals surface area contributed by atoms with Crippen molar-refractivity contribution in [3.05, 3.63) is 35.0 Å². The molecule has 154 valence electrons. The van der Waals surface area contributed by atoms with Gasteiger partial charge in [-0.2, -0.15) is 0 Å². The Morgan fingerprint density at radius 1 is 1.29 bits per heavy atom. The second kappa shape index (κ2) is 8.54. The van der Waals surface area contributed by atoms with Crippen molar-refractivity contribution in [2.24, 2.45) is 0 Å². The largest absolute Gasteiger partial charge is 0.390 e. The lowest BCUT2D eigenvalue weighted by atomic mass is 9.89. The van der Waals surface area contributed by atoms with E-state index in [1.807, 2.05) is 0 Å². The maximum absolute atomic E-state index is 10.6. The third-order valence-corrected chi connectivity index (χ3v) is 6.42. The average Bonchev–Trinajstić information content (AvgIpc) is 2.98. The third-order valence-electron chi connectivity index (χ3n) is 6.42. The Bertz CT molecular complexity index is 813. The topological polar surface area (TPSA) is 43.7 Å². The molecule has 2 N–H and O–H groups in total. The van der Waals surface area contributed by atoms with E-state index in [0.717, 1.165) is 39.1 Å². The third kappa shape index (κ3) is 3.99. The van der Waals surface area contributed by atoms with Crippen molar-refractivity contribution in [3.63, 3.8) is 0 Å².